The van der Waals surface area contributed by atoms with Crippen molar-refractivity contribution >= 4 is 41.4 Å². The molecule has 190 valence electrons. The molecule has 0 saturated heterocycles. The molecule has 0 spiro atoms. The fraction of sp³-hybridized carbons (Fsp3) is 0.762. The maximum atomic E-state index is 12.9. The van der Waals surface area contributed by atoms with Crippen molar-refractivity contribution in [1.29, 1.82) is 0 Å². The molecule has 0 aliphatic carbocycles. The summed E-state index contributed by atoms with van der Waals surface area (Å²) in [5.41, 5.74) is 5.88. The van der Waals surface area contributed by atoms with Crippen LogP contribution in [0.3, 0.4) is 0 Å². The van der Waals surface area contributed by atoms with Crippen LogP contribution in [0, 0.1) is 11.8 Å². The molecule has 0 aromatic rings. The minimum absolute atomic E-state index is 0.189. The number of carboxylic acid groups (broad SMARTS) is 2. The van der Waals surface area contributed by atoms with Crippen LogP contribution in [0.4, 0.5) is 0 Å². The zero-order valence-electron chi connectivity index (χ0n) is 19.9. The molecule has 0 aromatic carbocycles. The van der Waals surface area contributed by atoms with Gasteiger partial charge >= 0.3 is 11.9 Å². The van der Waals surface area contributed by atoms with Crippen molar-refractivity contribution in [2.24, 2.45) is 17.6 Å². The molecule has 12 heteroatoms. The molecule has 0 heterocycles. The Balaban J connectivity index is 5.57. The molecular weight excluding hydrogens is 452 g/mol. The summed E-state index contributed by atoms with van der Waals surface area (Å²) >= 11 is 1.43. The lowest BCUT2D eigenvalue weighted by molar-refractivity contribution is -0.143. The molecule has 0 radical (unpaired) electrons. The summed E-state index contributed by atoms with van der Waals surface area (Å²) in [4.78, 5) is 60.9. The number of nitrogens with two attached hydrogens (primary N) is 1. The van der Waals surface area contributed by atoms with E-state index in [4.69, 9.17) is 5.73 Å². The zero-order chi connectivity index (χ0) is 25.7. The van der Waals surface area contributed by atoms with Gasteiger partial charge in [0.25, 0.3) is 0 Å². The second-order valence-electron chi connectivity index (χ2n) is 8.12. The summed E-state index contributed by atoms with van der Waals surface area (Å²) in [6.07, 6.45) is 2.41. The van der Waals surface area contributed by atoms with E-state index in [0.717, 1.165) is 0 Å². The Bertz CT molecular complexity index is 692. The van der Waals surface area contributed by atoms with E-state index in [0.29, 0.717) is 18.6 Å². The summed E-state index contributed by atoms with van der Waals surface area (Å²) in [6, 6.07) is -4.62. The van der Waals surface area contributed by atoms with E-state index in [-0.39, 0.29) is 18.3 Å². The van der Waals surface area contributed by atoms with Gasteiger partial charge in [0.1, 0.15) is 18.1 Å². The molecule has 33 heavy (non-hydrogen) atoms. The number of thioether (sulfide) groups is 1. The van der Waals surface area contributed by atoms with Crippen molar-refractivity contribution in [3.05, 3.63) is 0 Å². The third-order valence-corrected chi connectivity index (χ3v) is 6.23. The van der Waals surface area contributed by atoms with Crippen LogP contribution in [0.2, 0.25) is 0 Å². The summed E-state index contributed by atoms with van der Waals surface area (Å²) in [6.45, 7) is 7.10. The Labute approximate surface area is 199 Å². The van der Waals surface area contributed by atoms with E-state index in [2.05, 4.69) is 16.0 Å². The van der Waals surface area contributed by atoms with Gasteiger partial charge in [0.15, 0.2) is 0 Å². The molecule has 0 saturated carbocycles. The predicted octanol–water partition coefficient (Wildman–Crippen LogP) is 0.173. The number of rotatable bonds is 16. The first kappa shape index (κ1) is 30.7. The lowest BCUT2D eigenvalue weighted by atomic mass is 9.96. The highest BCUT2D eigenvalue weighted by Gasteiger charge is 2.33. The molecule has 6 unspecified atom stereocenters. The van der Waals surface area contributed by atoms with Crippen LogP contribution >= 0.6 is 11.8 Å². The molecule has 0 aromatic heterocycles. The quantitative estimate of drug-likeness (QED) is 0.175. The lowest BCUT2D eigenvalue weighted by Gasteiger charge is -2.28. The van der Waals surface area contributed by atoms with E-state index in [9.17, 15) is 34.2 Å². The van der Waals surface area contributed by atoms with Gasteiger partial charge in [0, 0.05) is 0 Å². The van der Waals surface area contributed by atoms with Crippen LogP contribution in [0.1, 0.15) is 53.4 Å². The Kier molecular flexibility index (Phi) is 14.4. The first-order chi connectivity index (χ1) is 15.4. The lowest BCUT2D eigenvalue weighted by Crippen LogP contribution is -2.59. The third-order valence-electron chi connectivity index (χ3n) is 5.59. The Hall–Kier alpha value is -2.34. The molecule has 6 atom stereocenters. The highest BCUT2D eigenvalue weighted by Crippen LogP contribution is 2.11. The Morgan fingerprint density at radius 2 is 1.39 bits per heavy atom. The van der Waals surface area contributed by atoms with Gasteiger partial charge in [-0.2, -0.15) is 11.8 Å². The largest absolute Gasteiger partial charge is 0.481 e. The number of hydrogen-bond acceptors (Lipinski definition) is 7. The van der Waals surface area contributed by atoms with Crippen LogP contribution < -0.4 is 21.7 Å². The maximum Gasteiger partial charge on any atom is 0.326 e. The molecule has 0 fully saturated rings. The average molecular weight is 491 g/mol. The van der Waals surface area contributed by atoms with Crippen LogP contribution in [0.25, 0.3) is 0 Å². The number of amides is 3. The smallest absolute Gasteiger partial charge is 0.326 e. The van der Waals surface area contributed by atoms with Crippen LogP contribution in [0.15, 0.2) is 0 Å². The number of hydrogen-bond donors (Lipinski definition) is 6. The van der Waals surface area contributed by atoms with Crippen LogP contribution in [0.5, 0.6) is 0 Å². The summed E-state index contributed by atoms with van der Waals surface area (Å²) in [7, 11) is 0. The van der Waals surface area contributed by atoms with E-state index in [1.54, 1.807) is 20.8 Å². The van der Waals surface area contributed by atoms with Crippen LogP contribution in [-0.2, 0) is 24.0 Å². The standard InChI is InChI=1S/C21H38N4O7S/c1-6-11(3)16(22)19(29)24-14(10-15(26)27)18(28)25-17(12(4)7-2)20(30)23-13(21(31)32)8-9-33-5/h11-14,16-17H,6-10,22H2,1-5H3,(H,23,30)(H,24,29)(H,25,28)(H,26,27)(H,31,32). The maximum absolute atomic E-state index is 12.9. The first-order valence-electron chi connectivity index (χ1n) is 11.0. The van der Waals surface area contributed by atoms with Gasteiger partial charge in [-0.05, 0) is 30.3 Å². The number of aliphatic carboxylic acids is 2. The van der Waals surface area contributed by atoms with Gasteiger partial charge in [0.05, 0.1) is 12.5 Å². The van der Waals surface area contributed by atoms with Crippen molar-refractivity contribution < 1.29 is 34.2 Å². The molecule has 3 amide bonds. The summed E-state index contributed by atoms with van der Waals surface area (Å²) in [5, 5.41) is 25.9. The van der Waals surface area contributed by atoms with Gasteiger partial charge in [-0.1, -0.05) is 40.5 Å². The van der Waals surface area contributed by atoms with Crippen molar-refractivity contribution in [3.8, 4) is 0 Å². The number of carbonyl (C=O) groups is 5. The normalized spacial score (nSPS) is 16.4. The molecular formula is C21H38N4O7S. The van der Waals surface area contributed by atoms with Gasteiger partial charge in [-0.15, -0.1) is 0 Å². The topological polar surface area (TPSA) is 188 Å². The second-order valence-corrected chi connectivity index (χ2v) is 9.11. The Morgan fingerprint density at radius 1 is 0.848 bits per heavy atom. The van der Waals surface area contributed by atoms with Gasteiger partial charge in [0.2, 0.25) is 17.7 Å². The molecule has 0 rings (SSSR count). The van der Waals surface area contributed by atoms with Gasteiger partial charge in [-0.25, -0.2) is 4.79 Å². The Morgan fingerprint density at radius 3 is 1.85 bits per heavy atom. The highest BCUT2D eigenvalue weighted by atomic mass is 32.2. The fourth-order valence-electron chi connectivity index (χ4n) is 2.87. The van der Waals surface area contributed by atoms with E-state index in [1.807, 2.05) is 13.2 Å². The number of nitrogens with one attached hydrogen (secondary N) is 3. The van der Waals surface area contributed by atoms with Crippen LogP contribution in [-0.4, -0.2) is 76.0 Å². The van der Waals surface area contributed by atoms with Gasteiger partial charge in [-0.3, -0.25) is 19.2 Å². The average Bonchev–Trinajstić information content (AvgIpc) is 2.76. The fourth-order valence-corrected chi connectivity index (χ4v) is 3.35. The molecule has 0 bridgehead atoms. The van der Waals surface area contributed by atoms with E-state index < -0.39 is 60.2 Å². The first-order valence-corrected chi connectivity index (χ1v) is 12.4. The summed E-state index contributed by atoms with van der Waals surface area (Å²) in [5.74, 6) is -4.79. The third kappa shape index (κ3) is 10.9. The van der Waals surface area contributed by atoms with Crippen molar-refractivity contribution in [3.63, 3.8) is 0 Å². The van der Waals surface area contributed by atoms with E-state index in [1.165, 1.54) is 11.8 Å². The predicted molar refractivity (Wildman–Crippen MR) is 126 cm³/mol. The summed E-state index contributed by atoms with van der Waals surface area (Å²) < 4.78 is 0. The highest BCUT2D eigenvalue weighted by molar-refractivity contribution is 7.98. The van der Waals surface area contributed by atoms with Gasteiger partial charge < -0.3 is 31.9 Å². The van der Waals surface area contributed by atoms with Crippen molar-refractivity contribution in [1.82, 2.24) is 16.0 Å². The molecule has 0 aliphatic rings. The molecule has 11 nitrogen and oxygen atoms in total. The second kappa shape index (κ2) is 15.5. The van der Waals surface area contributed by atoms with Crippen molar-refractivity contribution in [2.45, 2.75) is 77.5 Å². The molecule has 0 aliphatic heterocycles. The molecule has 7 N–H and O–H groups in total. The minimum Gasteiger partial charge on any atom is -0.481 e. The zero-order valence-corrected chi connectivity index (χ0v) is 20.7. The van der Waals surface area contributed by atoms with E-state index >= 15 is 0 Å². The SMILES string of the molecule is CCC(C)C(N)C(=O)NC(CC(=O)O)C(=O)NC(C(=O)NC(CCSC)C(=O)O)C(C)CC. The minimum atomic E-state index is -1.45. The van der Waals surface area contributed by atoms with Crippen molar-refractivity contribution in [2.75, 3.05) is 12.0 Å². The number of carbonyl (C=O) groups excluding carboxylic acids is 3. The monoisotopic (exact) mass is 490 g/mol. The number of carboxylic acids is 2.